The number of carbonyl (C=O) groups is 3. The molecule has 1 fully saturated rings. The zero-order chi connectivity index (χ0) is 24.1. The van der Waals surface area contributed by atoms with Gasteiger partial charge in [-0.1, -0.05) is 55.5 Å². The van der Waals surface area contributed by atoms with Gasteiger partial charge in [-0.3, -0.25) is 14.5 Å². The minimum absolute atomic E-state index is 0.0344. The lowest BCUT2D eigenvalue weighted by Crippen LogP contribution is -2.55. The van der Waals surface area contributed by atoms with Crippen LogP contribution in [0.3, 0.4) is 0 Å². The molecule has 0 aromatic heterocycles. The second-order valence-electron chi connectivity index (χ2n) is 8.74. The second-order valence-corrected chi connectivity index (χ2v) is 8.74. The summed E-state index contributed by atoms with van der Waals surface area (Å²) < 4.78 is 5.60. The van der Waals surface area contributed by atoms with Crippen LogP contribution in [0.25, 0.3) is 11.1 Å². The van der Waals surface area contributed by atoms with E-state index in [4.69, 9.17) is 9.84 Å². The van der Waals surface area contributed by atoms with Gasteiger partial charge >= 0.3 is 12.1 Å². The molecule has 4 rings (SSSR count). The molecule has 0 radical (unpaired) electrons. The lowest BCUT2D eigenvalue weighted by Gasteiger charge is -2.36. The van der Waals surface area contributed by atoms with Crippen molar-refractivity contribution in [3.8, 4) is 11.1 Å². The number of alkyl carbamates (subject to hydrolysis) is 1. The first-order valence-corrected chi connectivity index (χ1v) is 11.8. The molecule has 2 aromatic carbocycles. The number of hydrogen-bond donors (Lipinski definition) is 2. The Morgan fingerprint density at radius 1 is 1.00 bits per heavy atom. The summed E-state index contributed by atoms with van der Waals surface area (Å²) >= 11 is 0. The van der Waals surface area contributed by atoms with Gasteiger partial charge in [0, 0.05) is 38.6 Å². The number of aliphatic carboxylic acids is 1. The molecule has 0 saturated carbocycles. The van der Waals surface area contributed by atoms with E-state index in [0.717, 1.165) is 22.3 Å². The minimum Gasteiger partial charge on any atom is -0.481 e. The lowest BCUT2D eigenvalue weighted by molar-refractivity contribution is -0.139. The van der Waals surface area contributed by atoms with Gasteiger partial charge in [0.2, 0.25) is 5.91 Å². The van der Waals surface area contributed by atoms with E-state index in [-0.39, 0.29) is 24.9 Å². The summed E-state index contributed by atoms with van der Waals surface area (Å²) in [5, 5.41) is 11.6. The van der Waals surface area contributed by atoms with Crippen LogP contribution in [0.5, 0.6) is 0 Å². The van der Waals surface area contributed by atoms with Crippen LogP contribution in [0.15, 0.2) is 48.5 Å². The van der Waals surface area contributed by atoms with E-state index in [2.05, 4.69) is 29.6 Å². The van der Waals surface area contributed by atoms with Crippen molar-refractivity contribution in [1.82, 2.24) is 15.1 Å². The fraction of sp³-hybridized carbons (Fsp3) is 0.423. The van der Waals surface area contributed by atoms with Crippen LogP contribution in [0.1, 0.15) is 36.8 Å². The molecule has 1 aliphatic heterocycles. The smallest absolute Gasteiger partial charge is 0.407 e. The number of carboxylic acids is 1. The fourth-order valence-electron chi connectivity index (χ4n) is 4.79. The number of carboxylic acid groups (broad SMARTS) is 1. The Morgan fingerprint density at radius 3 is 2.15 bits per heavy atom. The highest BCUT2D eigenvalue weighted by Gasteiger charge is 2.31. The first-order chi connectivity index (χ1) is 16.5. The van der Waals surface area contributed by atoms with Crippen LogP contribution in [0, 0.1) is 0 Å². The van der Waals surface area contributed by atoms with Crippen molar-refractivity contribution >= 4 is 18.0 Å². The van der Waals surface area contributed by atoms with Gasteiger partial charge in [0.1, 0.15) is 12.6 Å². The maximum atomic E-state index is 13.0. The van der Waals surface area contributed by atoms with Gasteiger partial charge in [0.05, 0.1) is 6.42 Å². The van der Waals surface area contributed by atoms with Crippen LogP contribution >= 0.6 is 0 Å². The molecule has 2 N–H and O–H groups in total. The molecule has 2 aromatic rings. The molecule has 1 atom stereocenters. The summed E-state index contributed by atoms with van der Waals surface area (Å²) in [6.07, 6.45) is -0.0425. The van der Waals surface area contributed by atoms with Crippen molar-refractivity contribution in [3.63, 3.8) is 0 Å². The number of fused-ring (bicyclic) bond motifs is 3. The Kier molecular flexibility index (Phi) is 7.47. The summed E-state index contributed by atoms with van der Waals surface area (Å²) in [4.78, 5) is 40.1. The van der Waals surface area contributed by atoms with Gasteiger partial charge in [0.15, 0.2) is 0 Å². The Labute approximate surface area is 199 Å². The number of amides is 2. The molecule has 34 heavy (non-hydrogen) atoms. The van der Waals surface area contributed by atoms with Gasteiger partial charge in [-0.15, -0.1) is 0 Å². The molecular weight excluding hydrogens is 434 g/mol. The number of rotatable bonds is 8. The third-order valence-electron chi connectivity index (χ3n) is 6.67. The Balaban J connectivity index is 1.30. The molecule has 1 unspecified atom stereocenters. The lowest BCUT2D eigenvalue weighted by atomic mass is 9.98. The molecule has 0 spiro atoms. The topological polar surface area (TPSA) is 99.2 Å². The van der Waals surface area contributed by atoms with Gasteiger partial charge in [-0.25, -0.2) is 4.79 Å². The SMILES string of the molecule is CCC(NC(=O)OCC1c2ccccc2-c2ccccc21)C(=O)N1CCN(CCC(=O)O)CC1. The summed E-state index contributed by atoms with van der Waals surface area (Å²) in [6.45, 7) is 4.82. The number of hydrogen-bond acceptors (Lipinski definition) is 5. The van der Waals surface area contributed by atoms with Gasteiger partial charge in [-0.2, -0.15) is 0 Å². The molecular formula is C26H31N3O5. The van der Waals surface area contributed by atoms with E-state index in [1.165, 1.54) is 0 Å². The third kappa shape index (κ3) is 5.22. The van der Waals surface area contributed by atoms with Crippen molar-refractivity contribution < 1.29 is 24.2 Å². The van der Waals surface area contributed by atoms with E-state index in [9.17, 15) is 14.4 Å². The average Bonchev–Trinajstić information content (AvgIpc) is 3.18. The predicted molar refractivity (Wildman–Crippen MR) is 128 cm³/mol. The maximum absolute atomic E-state index is 13.0. The maximum Gasteiger partial charge on any atom is 0.407 e. The normalized spacial score (nSPS) is 16.4. The van der Waals surface area contributed by atoms with Crippen molar-refractivity contribution in [3.05, 3.63) is 59.7 Å². The highest BCUT2D eigenvalue weighted by atomic mass is 16.5. The molecule has 180 valence electrons. The van der Waals surface area contributed by atoms with Gasteiger partial charge in [0.25, 0.3) is 0 Å². The van der Waals surface area contributed by atoms with E-state index in [1.807, 2.05) is 36.1 Å². The summed E-state index contributed by atoms with van der Waals surface area (Å²) in [6, 6.07) is 15.6. The molecule has 0 bridgehead atoms. The summed E-state index contributed by atoms with van der Waals surface area (Å²) in [5.74, 6) is -0.987. The van der Waals surface area contributed by atoms with Crippen molar-refractivity contribution in [2.24, 2.45) is 0 Å². The Bertz CT molecular complexity index is 1000. The summed E-state index contributed by atoms with van der Waals surface area (Å²) in [5.41, 5.74) is 4.60. The van der Waals surface area contributed by atoms with Gasteiger partial charge < -0.3 is 20.1 Å². The van der Waals surface area contributed by atoms with E-state index in [0.29, 0.717) is 39.1 Å². The van der Waals surface area contributed by atoms with Crippen LogP contribution in [-0.4, -0.2) is 78.2 Å². The molecule has 1 heterocycles. The highest BCUT2D eigenvalue weighted by Crippen LogP contribution is 2.44. The Hall–Kier alpha value is -3.39. The van der Waals surface area contributed by atoms with Crippen LogP contribution < -0.4 is 5.32 Å². The quantitative estimate of drug-likeness (QED) is 0.622. The number of carbonyl (C=O) groups excluding carboxylic acids is 2. The first-order valence-electron chi connectivity index (χ1n) is 11.8. The standard InChI is InChI=1S/C26H31N3O5/c1-2-23(25(32)29-15-13-28(14-16-29)12-11-24(30)31)27-26(33)34-17-22-20-9-5-3-7-18(20)19-8-4-6-10-21(19)22/h3-10,22-23H,2,11-17H2,1H3,(H,27,33)(H,30,31). The van der Waals surface area contributed by atoms with Crippen molar-refractivity contribution in [2.75, 3.05) is 39.3 Å². The van der Waals surface area contributed by atoms with Crippen molar-refractivity contribution in [2.45, 2.75) is 31.7 Å². The van der Waals surface area contributed by atoms with E-state index >= 15 is 0 Å². The molecule has 2 aliphatic rings. The summed E-state index contributed by atoms with van der Waals surface area (Å²) in [7, 11) is 0. The Morgan fingerprint density at radius 2 is 1.59 bits per heavy atom. The highest BCUT2D eigenvalue weighted by molar-refractivity contribution is 5.86. The monoisotopic (exact) mass is 465 g/mol. The number of nitrogens with one attached hydrogen (secondary N) is 1. The fourth-order valence-corrected chi connectivity index (χ4v) is 4.79. The molecule has 8 nitrogen and oxygen atoms in total. The number of ether oxygens (including phenoxy) is 1. The molecule has 1 saturated heterocycles. The number of benzene rings is 2. The molecule has 1 aliphatic carbocycles. The number of piperazine rings is 1. The number of nitrogens with zero attached hydrogens (tertiary/aromatic N) is 2. The first kappa shape index (κ1) is 23.8. The minimum atomic E-state index is -0.822. The second kappa shape index (κ2) is 10.7. The zero-order valence-corrected chi connectivity index (χ0v) is 19.4. The van der Waals surface area contributed by atoms with Gasteiger partial charge in [-0.05, 0) is 28.7 Å². The zero-order valence-electron chi connectivity index (χ0n) is 19.4. The molecule has 8 heteroatoms. The van der Waals surface area contributed by atoms with Crippen LogP contribution in [-0.2, 0) is 14.3 Å². The third-order valence-corrected chi connectivity index (χ3v) is 6.67. The van der Waals surface area contributed by atoms with Crippen molar-refractivity contribution in [1.29, 1.82) is 0 Å². The average molecular weight is 466 g/mol. The van der Waals surface area contributed by atoms with E-state index in [1.54, 1.807) is 4.90 Å². The van der Waals surface area contributed by atoms with Crippen LogP contribution in [0.4, 0.5) is 4.79 Å². The molecule has 2 amide bonds. The van der Waals surface area contributed by atoms with Crippen LogP contribution in [0.2, 0.25) is 0 Å². The predicted octanol–water partition coefficient (Wildman–Crippen LogP) is 2.92. The van der Waals surface area contributed by atoms with E-state index < -0.39 is 18.1 Å². The largest absolute Gasteiger partial charge is 0.481 e.